The summed E-state index contributed by atoms with van der Waals surface area (Å²) >= 11 is 0. The van der Waals surface area contributed by atoms with Crippen molar-refractivity contribution in [3.63, 3.8) is 0 Å². The van der Waals surface area contributed by atoms with Gasteiger partial charge in [-0.15, -0.1) is 0 Å². The number of nitrogens with zero attached hydrogens (tertiary/aromatic N) is 1. The number of benzene rings is 1. The van der Waals surface area contributed by atoms with E-state index in [9.17, 15) is 13.2 Å². The van der Waals surface area contributed by atoms with Crippen LogP contribution in [0.5, 0.6) is 0 Å². The molecule has 3 saturated heterocycles. The van der Waals surface area contributed by atoms with Gasteiger partial charge in [-0.05, 0) is 44.4 Å². The third kappa shape index (κ3) is 2.68. The fraction of sp³-hybridized carbons (Fsp3) is 0.611. The Morgan fingerprint density at radius 3 is 2.76 bits per heavy atom. The lowest BCUT2D eigenvalue weighted by atomic mass is 9.71. The van der Waals surface area contributed by atoms with E-state index >= 15 is 0 Å². The number of anilines is 1. The van der Waals surface area contributed by atoms with Gasteiger partial charge in [-0.25, -0.2) is 0 Å². The third-order valence-electron chi connectivity index (χ3n) is 5.80. The molecule has 2 unspecified atom stereocenters. The van der Waals surface area contributed by atoms with Crippen molar-refractivity contribution in [3.05, 3.63) is 29.3 Å². The molecular formula is C18H19F3N2O2. The number of nitrogens with one attached hydrogen (secondary N) is 1. The zero-order valence-electron chi connectivity index (χ0n) is 13.8. The minimum atomic E-state index is -4.57. The van der Waals surface area contributed by atoms with Crippen molar-refractivity contribution in [3.8, 4) is 6.07 Å². The molecule has 0 radical (unpaired) electrons. The zero-order valence-corrected chi connectivity index (χ0v) is 13.8. The molecule has 1 aromatic carbocycles. The van der Waals surface area contributed by atoms with Gasteiger partial charge >= 0.3 is 6.18 Å². The zero-order chi connectivity index (χ0) is 17.9. The molecule has 1 aromatic rings. The summed E-state index contributed by atoms with van der Waals surface area (Å²) in [5.74, 6) is 0.116. The number of halogens is 3. The first kappa shape index (κ1) is 16.7. The van der Waals surface area contributed by atoms with Gasteiger partial charge in [0.1, 0.15) is 6.23 Å². The van der Waals surface area contributed by atoms with Crippen LogP contribution >= 0.6 is 0 Å². The summed E-state index contributed by atoms with van der Waals surface area (Å²) in [7, 11) is 0. The summed E-state index contributed by atoms with van der Waals surface area (Å²) in [4.78, 5) is 0. The van der Waals surface area contributed by atoms with E-state index in [4.69, 9.17) is 14.7 Å². The maximum Gasteiger partial charge on any atom is 0.417 e. The van der Waals surface area contributed by atoms with Crippen molar-refractivity contribution in [2.24, 2.45) is 5.92 Å². The van der Waals surface area contributed by atoms with Crippen LogP contribution in [0.15, 0.2) is 18.2 Å². The van der Waals surface area contributed by atoms with Crippen molar-refractivity contribution in [1.82, 2.24) is 0 Å². The Kier molecular flexibility index (Phi) is 3.57. The third-order valence-corrected chi connectivity index (χ3v) is 5.80. The minimum absolute atomic E-state index is 0.116. The van der Waals surface area contributed by atoms with Gasteiger partial charge in [-0.1, -0.05) is 0 Å². The quantitative estimate of drug-likeness (QED) is 0.872. The van der Waals surface area contributed by atoms with Crippen LogP contribution in [0.4, 0.5) is 18.9 Å². The van der Waals surface area contributed by atoms with Gasteiger partial charge in [0.05, 0.1) is 35.0 Å². The highest BCUT2D eigenvalue weighted by molar-refractivity contribution is 5.53. The monoisotopic (exact) mass is 352 g/mol. The number of fused-ring (bicyclic) bond motifs is 1. The maximum absolute atomic E-state index is 13.2. The molecule has 134 valence electrons. The number of hydrogen-bond acceptors (Lipinski definition) is 4. The Morgan fingerprint density at radius 2 is 2.08 bits per heavy atom. The summed E-state index contributed by atoms with van der Waals surface area (Å²) in [6.45, 7) is 2.62. The number of hydrogen-bond donors (Lipinski definition) is 1. The van der Waals surface area contributed by atoms with Gasteiger partial charge in [0.25, 0.3) is 0 Å². The number of alkyl halides is 3. The average molecular weight is 352 g/mol. The number of nitriles is 1. The van der Waals surface area contributed by atoms with Gasteiger partial charge in [0, 0.05) is 18.0 Å². The standard InChI is InChI=1S/C18H19F3N2O2/c1-16-4-5-17(25-16)6-7-24-15(14(17)9-16)23-12-3-2-11(10-22)13(8-12)18(19,20)21/h2-3,8,14-15,23H,4-7,9H2,1H3/t14-,15-,16?,17?/m0/s1. The van der Waals surface area contributed by atoms with Gasteiger partial charge < -0.3 is 14.8 Å². The second kappa shape index (κ2) is 5.36. The van der Waals surface area contributed by atoms with E-state index < -0.39 is 11.7 Å². The topological polar surface area (TPSA) is 54.3 Å². The highest BCUT2D eigenvalue weighted by Gasteiger charge is 2.62. The normalized spacial score (nSPS) is 36.8. The molecule has 3 aliphatic heterocycles. The van der Waals surface area contributed by atoms with Crippen LogP contribution in [-0.4, -0.2) is 24.0 Å². The Labute approximate surface area is 143 Å². The van der Waals surface area contributed by atoms with Crippen LogP contribution < -0.4 is 5.32 Å². The Balaban J connectivity index is 1.60. The summed E-state index contributed by atoms with van der Waals surface area (Å²) in [5.41, 5.74) is -1.37. The molecule has 4 nitrogen and oxygen atoms in total. The van der Waals surface area contributed by atoms with E-state index in [1.165, 1.54) is 12.1 Å². The molecule has 3 fully saturated rings. The molecule has 0 aliphatic carbocycles. The molecule has 7 heteroatoms. The molecule has 0 aromatic heterocycles. The minimum Gasteiger partial charge on any atom is -0.368 e. The highest BCUT2D eigenvalue weighted by atomic mass is 19.4. The molecule has 3 aliphatic rings. The predicted molar refractivity (Wildman–Crippen MR) is 83.7 cm³/mol. The van der Waals surface area contributed by atoms with Crippen LogP contribution in [0, 0.1) is 17.2 Å². The van der Waals surface area contributed by atoms with Crippen LogP contribution in [0.1, 0.15) is 43.7 Å². The fourth-order valence-corrected chi connectivity index (χ4v) is 4.62. The first-order valence-corrected chi connectivity index (χ1v) is 8.44. The fourth-order valence-electron chi connectivity index (χ4n) is 4.62. The van der Waals surface area contributed by atoms with E-state index in [0.717, 1.165) is 31.7 Å². The van der Waals surface area contributed by atoms with Crippen LogP contribution in [0.2, 0.25) is 0 Å². The predicted octanol–water partition coefficient (Wildman–Crippen LogP) is 4.06. The van der Waals surface area contributed by atoms with E-state index in [1.807, 2.05) is 0 Å². The second-order valence-corrected chi connectivity index (χ2v) is 7.48. The molecule has 1 spiro atoms. The Bertz CT molecular complexity index is 741. The molecule has 25 heavy (non-hydrogen) atoms. The lowest BCUT2D eigenvalue weighted by molar-refractivity contribution is -0.138. The molecule has 0 saturated carbocycles. The summed E-state index contributed by atoms with van der Waals surface area (Å²) in [6.07, 6.45) is -1.30. The molecule has 1 N–H and O–H groups in total. The Hall–Kier alpha value is -1.78. The second-order valence-electron chi connectivity index (χ2n) is 7.48. The largest absolute Gasteiger partial charge is 0.417 e. The summed E-state index contributed by atoms with van der Waals surface area (Å²) < 4.78 is 51.6. The molecule has 0 amide bonds. The summed E-state index contributed by atoms with van der Waals surface area (Å²) in [6, 6.07) is 5.27. The van der Waals surface area contributed by atoms with E-state index in [-0.39, 0.29) is 28.9 Å². The van der Waals surface area contributed by atoms with Crippen LogP contribution in [0.25, 0.3) is 0 Å². The lowest BCUT2D eigenvalue weighted by Gasteiger charge is -2.42. The van der Waals surface area contributed by atoms with Crippen molar-refractivity contribution < 1.29 is 22.6 Å². The van der Waals surface area contributed by atoms with Gasteiger partial charge in [0.2, 0.25) is 0 Å². The summed E-state index contributed by atoms with van der Waals surface area (Å²) in [5, 5.41) is 12.0. The van der Waals surface area contributed by atoms with Gasteiger partial charge in [-0.2, -0.15) is 18.4 Å². The average Bonchev–Trinajstić information content (AvgIpc) is 3.04. The van der Waals surface area contributed by atoms with E-state index in [2.05, 4.69) is 12.2 Å². The van der Waals surface area contributed by atoms with E-state index in [0.29, 0.717) is 12.3 Å². The first-order chi connectivity index (χ1) is 11.7. The molecular weight excluding hydrogens is 333 g/mol. The smallest absolute Gasteiger partial charge is 0.368 e. The molecule has 2 bridgehead atoms. The SMILES string of the molecule is CC12CCC3(CCO[C@H](Nc4ccc(C#N)c(C(F)(F)F)c4)[C@@H]3C1)O2. The highest BCUT2D eigenvalue weighted by Crippen LogP contribution is 2.58. The van der Waals surface area contributed by atoms with Gasteiger partial charge in [-0.3, -0.25) is 0 Å². The maximum atomic E-state index is 13.2. The first-order valence-electron chi connectivity index (χ1n) is 8.44. The van der Waals surface area contributed by atoms with Gasteiger partial charge in [0.15, 0.2) is 0 Å². The van der Waals surface area contributed by atoms with Crippen LogP contribution in [0.3, 0.4) is 0 Å². The molecule has 4 rings (SSSR count). The lowest BCUT2D eigenvalue weighted by Crippen LogP contribution is -2.50. The van der Waals surface area contributed by atoms with Crippen molar-refractivity contribution in [1.29, 1.82) is 5.26 Å². The van der Waals surface area contributed by atoms with Crippen molar-refractivity contribution >= 4 is 5.69 Å². The van der Waals surface area contributed by atoms with Crippen molar-refractivity contribution in [2.75, 3.05) is 11.9 Å². The molecule has 3 heterocycles. The van der Waals surface area contributed by atoms with Crippen LogP contribution in [-0.2, 0) is 15.7 Å². The number of ether oxygens (including phenoxy) is 2. The van der Waals surface area contributed by atoms with E-state index in [1.54, 1.807) is 6.07 Å². The van der Waals surface area contributed by atoms with Crippen molar-refractivity contribution in [2.45, 2.75) is 56.2 Å². The molecule has 4 atom stereocenters. The Morgan fingerprint density at radius 1 is 1.28 bits per heavy atom. The number of rotatable bonds is 2.